The van der Waals surface area contributed by atoms with E-state index < -0.39 is 10.0 Å². The summed E-state index contributed by atoms with van der Waals surface area (Å²) in [7, 11) is -0.977. The Labute approximate surface area is 222 Å². The van der Waals surface area contributed by atoms with Gasteiger partial charge in [0.15, 0.2) is 5.13 Å². The third kappa shape index (κ3) is 6.42. The number of sulfonamides is 1. The van der Waals surface area contributed by atoms with Gasteiger partial charge < -0.3 is 14.8 Å². The van der Waals surface area contributed by atoms with E-state index in [1.807, 2.05) is 6.92 Å². The fourth-order valence-electron chi connectivity index (χ4n) is 4.65. The highest BCUT2D eigenvalue weighted by molar-refractivity contribution is 7.92. The molecule has 3 aromatic rings. The maximum absolute atomic E-state index is 13.4. The van der Waals surface area contributed by atoms with Crippen molar-refractivity contribution in [1.82, 2.24) is 4.98 Å². The van der Waals surface area contributed by atoms with Gasteiger partial charge in [0.25, 0.3) is 10.0 Å². The molecule has 0 radical (unpaired) electrons. The van der Waals surface area contributed by atoms with Gasteiger partial charge in [-0.15, -0.1) is 0 Å². The molecular formula is C27H33N3O5S2. The van der Waals surface area contributed by atoms with E-state index in [4.69, 9.17) is 9.47 Å². The summed E-state index contributed by atoms with van der Waals surface area (Å²) in [5.74, 6) is 1.28. The molecule has 1 aliphatic rings. The summed E-state index contributed by atoms with van der Waals surface area (Å²) in [6.45, 7) is 3.65. The molecule has 1 aromatic heterocycles. The van der Waals surface area contributed by atoms with Crippen LogP contribution in [0.5, 0.6) is 11.5 Å². The predicted octanol–water partition coefficient (Wildman–Crippen LogP) is 6.15. The maximum Gasteiger partial charge on any atom is 0.265 e. The zero-order valence-electron chi connectivity index (χ0n) is 21.6. The maximum atomic E-state index is 13.4. The van der Waals surface area contributed by atoms with Gasteiger partial charge in [0.1, 0.15) is 16.4 Å². The van der Waals surface area contributed by atoms with Gasteiger partial charge in [0.05, 0.1) is 30.5 Å². The quantitative estimate of drug-likeness (QED) is 0.335. The number of aromatic nitrogens is 1. The largest absolute Gasteiger partial charge is 0.497 e. The van der Waals surface area contributed by atoms with Crippen LogP contribution in [0.4, 0.5) is 10.8 Å². The number of carbonyl (C=O) groups excluding carboxylic acids is 1. The average molecular weight is 544 g/mol. The third-order valence-corrected chi connectivity index (χ3v) is 9.14. The van der Waals surface area contributed by atoms with E-state index in [0.717, 1.165) is 23.3 Å². The summed E-state index contributed by atoms with van der Waals surface area (Å²) in [6.07, 6.45) is 6.34. The predicted molar refractivity (Wildman–Crippen MR) is 147 cm³/mol. The molecule has 0 saturated heterocycles. The zero-order chi connectivity index (χ0) is 26.6. The Balaban J connectivity index is 1.57. The number of hydrogen-bond donors (Lipinski definition) is 2. The minimum atomic E-state index is -3.97. The number of aryl methyl sites for hydroxylation is 2. The molecule has 1 heterocycles. The summed E-state index contributed by atoms with van der Waals surface area (Å²) in [6, 6.07) is 10.1. The number of thiazole rings is 1. The first-order valence-electron chi connectivity index (χ1n) is 12.3. The highest BCUT2D eigenvalue weighted by atomic mass is 32.2. The number of nitrogens with zero attached hydrogens (tertiary/aromatic N) is 1. The standard InChI is InChI=1S/C27H33N3O5S2/c1-17-14-21(34-3)11-12-22(17)30-37(32,33)24-16-20(10-13-23(24)35-4)26-18(2)28-27(36-26)29-25(31)15-19-8-6-5-7-9-19/h10-14,16,19,30H,5-9,15H2,1-4H3,(H,28,29,31). The Bertz CT molecular complexity index is 1380. The zero-order valence-corrected chi connectivity index (χ0v) is 23.2. The molecule has 1 aliphatic carbocycles. The summed E-state index contributed by atoms with van der Waals surface area (Å²) < 4.78 is 40.1. The number of benzene rings is 2. The first-order chi connectivity index (χ1) is 17.7. The SMILES string of the molecule is COc1ccc(NS(=O)(=O)c2cc(-c3sc(NC(=O)CC4CCCCC4)nc3C)ccc2OC)c(C)c1. The minimum Gasteiger partial charge on any atom is -0.497 e. The Morgan fingerprint density at radius 1 is 1.05 bits per heavy atom. The molecule has 8 nitrogen and oxygen atoms in total. The van der Waals surface area contributed by atoms with E-state index in [9.17, 15) is 13.2 Å². The van der Waals surface area contributed by atoms with Crippen molar-refractivity contribution < 1.29 is 22.7 Å². The van der Waals surface area contributed by atoms with Gasteiger partial charge in [-0.05, 0) is 80.1 Å². The van der Waals surface area contributed by atoms with Crippen LogP contribution in [-0.4, -0.2) is 33.5 Å². The molecule has 2 aromatic carbocycles. The van der Waals surface area contributed by atoms with Gasteiger partial charge >= 0.3 is 0 Å². The summed E-state index contributed by atoms with van der Waals surface area (Å²) >= 11 is 1.33. The van der Waals surface area contributed by atoms with Crippen molar-refractivity contribution in [3.05, 3.63) is 47.7 Å². The first kappa shape index (κ1) is 26.9. The second kappa shape index (κ2) is 11.5. The van der Waals surface area contributed by atoms with Crippen LogP contribution in [-0.2, 0) is 14.8 Å². The second-order valence-corrected chi connectivity index (χ2v) is 12.0. The molecule has 10 heteroatoms. The highest BCUT2D eigenvalue weighted by Gasteiger charge is 2.23. The fraction of sp³-hybridized carbons (Fsp3) is 0.407. The Hall–Kier alpha value is -3.11. The average Bonchev–Trinajstić information content (AvgIpc) is 3.24. The van der Waals surface area contributed by atoms with Crippen LogP contribution < -0.4 is 19.5 Å². The van der Waals surface area contributed by atoms with Gasteiger partial charge in [-0.3, -0.25) is 9.52 Å². The normalized spacial score (nSPS) is 14.3. The molecule has 37 heavy (non-hydrogen) atoms. The van der Waals surface area contributed by atoms with Crippen LogP contribution in [0.3, 0.4) is 0 Å². The Morgan fingerprint density at radius 3 is 2.49 bits per heavy atom. The first-order valence-corrected chi connectivity index (χ1v) is 14.6. The van der Waals surface area contributed by atoms with Crippen molar-refractivity contribution in [3.8, 4) is 21.9 Å². The van der Waals surface area contributed by atoms with E-state index in [1.54, 1.807) is 50.4 Å². The molecule has 2 N–H and O–H groups in total. The number of ether oxygens (including phenoxy) is 2. The van der Waals surface area contributed by atoms with Crippen LogP contribution in [0.2, 0.25) is 0 Å². The summed E-state index contributed by atoms with van der Waals surface area (Å²) in [4.78, 5) is 17.9. The number of carbonyl (C=O) groups is 1. The second-order valence-electron chi connectivity index (χ2n) is 9.34. The van der Waals surface area contributed by atoms with Crippen molar-refractivity contribution in [2.45, 2.75) is 57.3 Å². The lowest BCUT2D eigenvalue weighted by Gasteiger charge is -2.20. The molecule has 1 saturated carbocycles. The highest BCUT2D eigenvalue weighted by Crippen LogP contribution is 2.37. The number of nitrogens with one attached hydrogen (secondary N) is 2. The van der Waals surface area contributed by atoms with Gasteiger partial charge in [0.2, 0.25) is 5.91 Å². The molecule has 1 fully saturated rings. The van der Waals surface area contributed by atoms with E-state index in [0.29, 0.717) is 40.2 Å². The Kier molecular flexibility index (Phi) is 8.39. The lowest BCUT2D eigenvalue weighted by atomic mass is 9.87. The number of methoxy groups -OCH3 is 2. The van der Waals surface area contributed by atoms with Crippen molar-refractivity contribution in [2.24, 2.45) is 5.92 Å². The van der Waals surface area contributed by atoms with Crippen LogP contribution in [0.25, 0.3) is 10.4 Å². The van der Waals surface area contributed by atoms with Crippen LogP contribution >= 0.6 is 11.3 Å². The van der Waals surface area contributed by atoms with Gasteiger partial charge in [-0.2, -0.15) is 0 Å². The number of rotatable bonds is 9. The van der Waals surface area contributed by atoms with Crippen molar-refractivity contribution in [1.29, 1.82) is 0 Å². The molecular weight excluding hydrogens is 510 g/mol. The summed E-state index contributed by atoms with van der Waals surface area (Å²) in [5, 5.41) is 3.45. The number of amides is 1. The fourth-order valence-corrected chi connectivity index (χ4v) is 6.95. The Morgan fingerprint density at radius 2 is 1.81 bits per heavy atom. The van der Waals surface area contributed by atoms with E-state index in [-0.39, 0.29) is 16.6 Å². The molecule has 0 unspecified atom stereocenters. The van der Waals surface area contributed by atoms with E-state index >= 15 is 0 Å². The van der Waals surface area contributed by atoms with E-state index in [1.165, 1.54) is 37.7 Å². The monoisotopic (exact) mass is 543 g/mol. The lowest BCUT2D eigenvalue weighted by Crippen LogP contribution is -2.18. The summed E-state index contributed by atoms with van der Waals surface area (Å²) in [5.41, 5.74) is 2.57. The van der Waals surface area contributed by atoms with Crippen LogP contribution in [0.1, 0.15) is 49.8 Å². The smallest absolute Gasteiger partial charge is 0.265 e. The van der Waals surface area contributed by atoms with Gasteiger partial charge in [-0.1, -0.05) is 30.6 Å². The third-order valence-electron chi connectivity index (χ3n) is 6.63. The molecule has 0 bridgehead atoms. The molecule has 4 rings (SSSR count). The topological polar surface area (TPSA) is 107 Å². The van der Waals surface area contributed by atoms with Gasteiger partial charge in [-0.25, -0.2) is 13.4 Å². The van der Waals surface area contributed by atoms with Crippen molar-refractivity contribution >= 4 is 38.1 Å². The van der Waals surface area contributed by atoms with Crippen LogP contribution in [0, 0.1) is 19.8 Å². The molecule has 198 valence electrons. The number of hydrogen-bond acceptors (Lipinski definition) is 7. The molecule has 0 atom stereocenters. The minimum absolute atomic E-state index is 0.0124. The van der Waals surface area contributed by atoms with Gasteiger partial charge in [0, 0.05) is 6.42 Å². The van der Waals surface area contributed by atoms with E-state index in [2.05, 4.69) is 15.0 Å². The van der Waals surface area contributed by atoms with Crippen molar-refractivity contribution in [2.75, 3.05) is 24.3 Å². The number of anilines is 2. The molecule has 0 spiro atoms. The van der Waals surface area contributed by atoms with Crippen molar-refractivity contribution in [3.63, 3.8) is 0 Å². The molecule has 0 aliphatic heterocycles. The lowest BCUT2D eigenvalue weighted by molar-refractivity contribution is -0.117. The molecule has 1 amide bonds. The van der Waals surface area contributed by atoms with Crippen LogP contribution in [0.15, 0.2) is 41.3 Å².